The largest absolute Gasteiger partial charge is 0.0917 e. The summed E-state index contributed by atoms with van der Waals surface area (Å²) in [5.41, 5.74) is 0. The van der Waals surface area contributed by atoms with Gasteiger partial charge in [-0.15, -0.1) is 0 Å². The van der Waals surface area contributed by atoms with Gasteiger partial charge in [0.15, 0.2) is 0 Å². The zero-order chi connectivity index (χ0) is 6.41. The molecule has 1 atom stereocenters. The zero-order valence-electron chi connectivity index (χ0n) is 6.15. The van der Waals surface area contributed by atoms with Gasteiger partial charge in [-0.2, -0.15) is 0 Å². The maximum atomic E-state index is 2.28. The van der Waals surface area contributed by atoms with Crippen molar-refractivity contribution < 1.29 is 0 Å². The topological polar surface area (TPSA) is 0 Å². The molecule has 0 saturated heterocycles. The lowest BCUT2D eigenvalue weighted by molar-refractivity contribution is 0.572. The Kier molecular flexibility index (Phi) is 4.73. The third-order valence-corrected chi connectivity index (χ3v) is 1.47. The first kappa shape index (κ1) is 7.74. The Hall–Kier alpha value is -0.260. The van der Waals surface area contributed by atoms with Crippen molar-refractivity contribution in [2.75, 3.05) is 0 Å². The Morgan fingerprint density at radius 3 is 2.50 bits per heavy atom. The lowest BCUT2D eigenvalue weighted by Crippen LogP contribution is -1.86. The second kappa shape index (κ2) is 4.89. The highest BCUT2D eigenvalue weighted by atomic mass is 14.0. The van der Waals surface area contributed by atoms with Crippen LogP contribution in [0.1, 0.15) is 33.6 Å². The van der Waals surface area contributed by atoms with Crippen LogP contribution >= 0.6 is 0 Å². The summed E-state index contributed by atoms with van der Waals surface area (Å²) in [6, 6.07) is 0. The van der Waals surface area contributed by atoms with Gasteiger partial charge < -0.3 is 0 Å². The van der Waals surface area contributed by atoms with Gasteiger partial charge in [0.25, 0.3) is 0 Å². The quantitative estimate of drug-likeness (QED) is 0.492. The Morgan fingerprint density at radius 2 is 2.12 bits per heavy atom. The molecule has 0 bridgehead atoms. The SMILES string of the molecule is C/C=C\C[C@@H](C)CC. The first-order valence-electron chi connectivity index (χ1n) is 3.42. The highest BCUT2D eigenvalue weighted by molar-refractivity contribution is 4.78. The molecule has 0 amide bonds. The van der Waals surface area contributed by atoms with Crippen LogP contribution < -0.4 is 0 Å². The van der Waals surface area contributed by atoms with E-state index >= 15 is 0 Å². The maximum absolute atomic E-state index is 2.28. The van der Waals surface area contributed by atoms with Crippen molar-refractivity contribution in [1.82, 2.24) is 0 Å². The monoisotopic (exact) mass is 112 g/mol. The molecule has 0 aliphatic rings. The van der Waals surface area contributed by atoms with E-state index in [2.05, 4.69) is 32.9 Å². The summed E-state index contributed by atoms with van der Waals surface area (Å²) in [6.07, 6.45) is 6.89. The van der Waals surface area contributed by atoms with Crippen molar-refractivity contribution >= 4 is 0 Å². The highest BCUT2D eigenvalue weighted by Crippen LogP contribution is 2.05. The minimum absolute atomic E-state index is 0.867. The molecule has 48 valence electrons. The molecule has 0 heteroatoms. The van der Waals surface area contributed by atoms with E-state index in [1.807, 2.05) is 0 Å². The van der Waals surface area contributed by atoms with Crippen LogP contribution in [-0.4, -0.2) is 0 Å². The van der Waals surface area contributed by atoms with Gasteiger partial charge in [0.1, 0.15) is 0 Å². The minimum Gasteiger partial charge on any atom is -0.0917 e. The van der Waals surface area contributed by atoms with E-state index in [0.717, 1.165) is 5.92 Å². The molecule has 0 unspecified atom stereocenters. The third kappa shape index (κ3) is 3.91. The summed E-state index contributed by atoms with van der Waals surface area (Å²) in [4.78, 5) is 0. The summed E-state index contributed by atoms with van der Waals surface area (Å²) in [7, 11) is 0. The number of rotatable bonds is 3. The van der Waals surface area contributed by atoms with Crippen LogP contribution in [0.5, 0.6) is 0 Å². The molecule has 0 aromatic heterocycles. The molecule has 0 saturated carbocycles. The maximum Gasteiger partial charge on any atom is -0.0325 e. The Labute approximate surface area is 52.6 Å². The second-order valence-corrected chi connectivity index (χ2v) is 2.32. The van der Waals surface area contributed by atoms with Crippen LogP contribution in [-0.2, 0) is 0 Å². The molecule has 0 aromatic carbocycles. The molecule has 0 N–H and O–H groups in total. The van der Waals surface area contributed by atoms with Crippen molar-refractivity contribution in [2.24, 2.45) is 5.92 Å². The van der Waals surface area contributed by atoms with Gasteiger partial charge in [-0.1, -0.05) is 32.4 Å². The number of hydrogen-bond donors (Lipinski definition) is 0. The van der Waals surface area contributed by atoms with E-state index in [1.165, 1.54) is 12.8 Å². The minimum atomic E-state index is 0.867. The third-order valence-electron chi connectivity index (χ3n) is 1.47. The number of hydrogen-bond acceptors (Lipinski definition) is 0. The van der Waals surface area contributed by atoms with Crippen LogP contribution in [0.15, 0.2) is 12.2 Å². The molecule has 0 spiro atoms. The van der Waals surface area contributed by atoms with E-state index in [1.54, 1.807) is 0 Å². The van der Waals surface area contributed by atoms with Gasteiger partial charge in [-0.25, -0.2) is 0 Å². The van der Waals surface area contributed by atoms with Crippen molar-refractivity contribution in [3.8, 4) is 0 Å². The lowest BCUT2D eigenvalue weighted by atomic mass is 10.1. The highest BCUT2D eigenvalue weighted by Gasteiger charge is 1.91. The van der Waals surface area contributed by atoms with Gasteiger partial charge >= 0.3 is 0 Å². The van der Waals surface area contributed by atoms with Crippen molar-refractivity contribution in [2.45, 2.75) is 33.6 Å². The standard InChI is InChI=1S/C8H16/c1-4-6-7-8(3)5-2/h4,6,8H,5,7H2,1-3H3/b6-4-/t8-/m0/s1. The van der Waals surface area contributed by atoms with Crippen molar-refractivity contribution in [3.05, 3.63) is 12.2 Å². The fourth-order valence-electron chi connectivity index (χ4n) is 0.535. The normalized spacial score (nSPS) is 14.9. The van der Waals surface area contributed by atoms with Crippen LogP contribution in [0.2, 0.25) is 0 Å². The first-order valence-corrected chi connectivity index (χ1v) is 3.42. The molecule has 0 rings (SSSR count). The predicted octanol–water partition coefficient (Wildman–Crippen LogP) is 3.00. The van der Waals surface area contributed by atoms with E-state index in [-0.39, 0.29) is 0 Å². The Morgan fingerprint density at radius 1 is 1.50 bits per heavy atom. The molecule has 0 fully saturated rings. The molecule has 8 heavy (non-hydrogen) atoms. The Balaban J connectivity index is 3.10. The van der Waals surface area contributed by atoms with Crippen LogP contribution in [0.25, 0.3) is 0 Å². The van der Waals surface area contributed by atoms with E-state index < -0.39 is 0 Å². The van der Waals surface area contributed by atoms with Gasteiger partial charge in [0.05, 0.1) is 0 Å². The molecule has 0 nitrogen and oxygen atoms in total. The summed E-state index contributed by atoms with van der Waals surface area (Å²) in [6.45, 7) is 6.58. The van der Waals surface area contributed by atoms with Crippen LogP contribution in [0.3, 0.4) is 0 Å². The van der Waals surface area contributed by atoms with Crippen LogP contribution in [0.4, 0.5) is 0 Å². The molecule has 0 aliphatic heterocycles. The van der Waals surface area contributed by atoms with E-state index in [9.17, 15) is 0 Å². The van der Waals surface area contributed by atoms with Gasteiger partial charge in [0, 0.05) is 0 Å². The Bertz CT molecular complexity index is 62.4. The number of allylic oxidation sites excluding steroid dienone is 2. The molecule has 0 aliphatic carbocycles. The molecule has 0 radical (unpaired) electrons. The predicted molar refractivity (Wildman–Crippen MR) is 38.9 cm³/mol. The molecular formula is C8H16. The van der Waals surface area contributed by atoms with Gasteiger partial charge in [0.2, 0.25) is 0 Å². The fraction of sp³-hybridized carbons (Fsp3) is 0.750. The first-order chi connectivity index (χ1) is 3.81. The zero-order valence-corrected chi connectivity index (χ0v) is 6.15. The van der Waals surface area contributed by atoms with E-state index in [4.69, 9.17) is 0 Å². The average molecular weight is 112 g/mol. The second-order valence-electron chi connectivity index (χ2n) is 2.32. The lowest BCUT2D eigenvalue weighted by Gasteiger charge is -2.00. The summed E-state index contributed by atoms with van der Waals surface area (Å²) in [5, 5.41) is 0. The summed E-state index contributed by atoms with van der Waals surface area (Å²) in [5.74, 6) is 0.867. The smallest absolute Gasteiger partial charge is 0.0325 e. The average Bonchev–Trinajstić information content (AvgIpc) is 1.83. The summed E-state index contributed by atoms with van der Waals surface area (Å²) >= 11 is 0. The van der Waals surface area contributed by atoms with E-state index in [0.29, 0.717) is 0 Å². The van der Waals surface area contributed by atoms with Crippen LogP contribution in [0, 0.1) is 5.92 Å². The van der Waals surface area contributed by atoms with Crippen molar-refractivity contribution in [3.63, 3.8) is 0 Å². The summed E-state index contributed by atoms with van der Waals surface area (Å²) < 4.78 is 0. The van der Waals surface area contributed by atoms with Crippen molar-refractivity contribution in [1.29, 1.82) is 0 Å². The molecular weight excluding hydrogens is 96.1 g/mol. The van der Waals surface area contributed by atoms with Gasteiger partial charge in [-0.3, -0.25) is 0 Å². The fourth-order valence-corrected chi connectivity index (χ4v) is 0.535. The van der Waals surface area contributed by atoms with Gasteiger partial charge in [-0.05, 0) is 19.3 Å². The molecule has 0 aromatic rings. The molecule has 0 heterocycles.